The molecule has 1 amide bonds. The predicted molar refractivity (Wildman–Crippen MR) is 97.0 cm³/mol. The Hall–Kier alpha value is -2.14. The van der Waals surface area contributed by atoms with Crippen LogP contribution in [0.3, 0.4) is 0 Å². The van der Waals surface area contributed by atoms with Crippen LogP contribution in [0.15, 0.2) is 42.7 Å². The quantitative estimate of drug-likeness (QED) is 0.863. The van der Waals surface area contributed by atoms with Crippen molar-refractivity contribution in [2.45, 2.75) is 37.3 Å². The number of rotatable bonds is 3. The summed E-state index contributed by atoms with van der Waals surface area (Å²) in [4.78, 5) is 17.0. The van der Waals surface area contributed by atoms with E-state index in [4.69, 9.17) is 0 Å². The molecule has 0 aliphatic carbocycles. The first kappa shape index (κ1) is 16.3. The van der Waals surface area contributed by atoms with Gasteiger partial charge in [0.2, 0.25) is 5.91 Å². The molecule has 5 nitrogen and oxygen atoms in total. The molecular weight excluding hydrogens is 312 g/mol. The molecule has 0 radical (unpaired) electrons. The number of hydrogen-bond acceptors (Lipinski definition) is 3. The highest BCUT2D eigenvalue weighted by molar-refractivity contribution is 5.81. The normalized spacial score (nSPS) is 23.5. The largest absolute Gasteiger partial charge is 0.339 e. The lowest BCUT2D eigenvalue weighted by Gasteiger charge is -2.46. The third-order valence-corrected chi connectivity index (χ3v) is 6.16. The summed E-state index contributed by atoms with van der Waals surface area (Å²) in [7, 11) is 3.96. The minimum atomic E-state index is -0.0239. The number of benzene rings is 1. The van der Waals surface area contributed by atoms with Gasteiger partial charge in [-0.3, -0.25) is 14.4 Å². The van der Waals surface area contributed by atoms with E-state index in [0.29, 0.717) is 12.3 Å². The maximum Gasteiger partial charge on any atom is 0.223 e. The van der Waals surface area contributed by atoms with E-state index in [-0.39, 0.29) is 11.4 Å². The third-order valence-electron chi connectivity index (χ3n) is 6.16. The summed E-state index contributed by atoms with van der Waals surface area (Å²) in [6.45, 7) is 2.99. The molecule has 2 aliphatic rings. The molecule has 25 heavy (non-hydrogen) atoms. The zero-order valence-electron chi connectivity index (χ0n) is 15.1. The third kappa shape index (κ3) is 2.86. The van der Waals surface area contributed by atoms with Crippen molar-refractivity contribution in [3.05, 3.63) is 53.9 Å². The van der Waals surface area contributed by atoms with Crippen molar-refractivity contribution in [2.24, 2.45) is 7.05 Å². The Bertz CT molecular complexity index is 746. The molecule has 2 aromatic rings. The molecule has 0 N–H and O–H groups in total. The van der Waals surface area contributed by atoms with Gasteiger partial charge in [0.1, 0.15) is 0 Å². The Kier molecular flexibility index (Phi) is 4.12. The van der Waals surface area contributed by atoms with E-state index >= 15 is 0 Å². The van der Waals surface area contributed by atoms with Crippen LogP contribution >= 0.6 is 0 Å². The van der Waals surface area contributed by atoms with E-state index in [0.717, 1.165) is 32.5 Å². The minimum absolute atomic E-state index is 0.0239. The second kappa shape index (κ2) is 6.30. The number of hydrogen-bond donors (Lipinski definition) is 0. The molecule has 0 bridgehead atoms. The Morgan fingerprint density at radius 2 is 1.88 bits per heavy atom. The molecule has 0 unspecified atom stereocenters. The molecular formula is C20H26N4O. The van der Waals surface area contributed by atoms with Crippen molar-refractivity contribution in [1.82, 2.24) is 19.6 Å². The van der Waals surface area contributed by atoms with Crippen LogP contribution in [0.1, 0.15) is 36.3 Å². The van der Waals surface area contributed by atoms with Gasteiger partial charge in [0.15, 0.2) is 0 Å². The Balaban J connectivity index is 1.51. The zero-order valence-corrected chi connectivity index (χ0v) is 15.1. The van der Waals surface area contributed by atoms with Crippen LogP contribution in [0.25, 0.3) is 0 Å². The number of carbonyl (C=O) groups excluding carboxylic acids is 1. The van der Waals surface area contributed by atoms with Gasteiger partial charge in [-0.2, -0.15) is 5.10 Å². The first-order valence-electron chi connectivity index (χ1n) is 9.10. The van der Waals surface area contributed by atoms with Crippen LogP contribution in [0, 0.1) is 0 Å². The van der Waals surface area contributed by atoms with E-state index in [1.807, 2.05) is 35.9 Å². The van der Waals surface area contributed by atoms with Gasteiger partial charge < -0.3 is 4.90 Å². The van der Waals surface area contributed by atoms with Gasteiger partial charge in [0.25, 0.3) is 0 Å². The number of likely N-dealkylation sites (tertiary alicyclic amines) is 2. The highest BCUT2D eigenvalue weighted by Crippen LogP contribution is 2.48. The lowest BCUT2D eigenvalue weighted by Crippen LogP contribution is -2.53. The molecule has 3 heterocycles. The molecule has 1 aromatic carbocycles. The molecule has 132 valence electrons. The average Bonchev–Trinajstić information content (AvgIpc) is 3.14. The fraction of sp³-hybridized carbons (Fsp3) is 0.500. The van der Waals surface area contributed by atoms with Gasteiger partial charge in [-0.15, -0.1) is 0 Å². The second-order valence-corrected chi connectivity index (χ2v) is 7.52. The summed E-state index contributed by atoms with van der Waals surface area (Å²) in [6.07, 6.45) is 6.75. The fourth-order valence-electron chi connectivity index (χ4n) is 4.69. The van der Waals surface area contributed by atoms with Crippen LogP contribution in [0.2, 0.25) is 0 Å². The number of piperidine rings is 1. The Morgan fingerprint density at radius 3 is 2.52 bits per heavy atom. The zero-order chi connectivity index (χ0) is 17.4. The van der Waals surface area contributed by atoms with Crippen molar-refractivity contribution < 1.29 is 4.79 Å². The summed E-state index contributed by atoms with van der Waals surface area (Å²) >= 11 is 0. The molecule has 0 saturated carbocycles. The molecule has 4 rings (SSSR count). The maximum atomic E-state index is 12.5. The Morgan fingerprint density at radius 1 is 1.16 bits per heavy atom. The molecule has 5 heteroatoms. The molecule has 2 saturated heterocycles. The van der Waals surface area contributed by atoms with E-state index in [1.165, 1.54) is 11.1 Å². The number of aryl methyl sites for hydroxylation is 1. The highest BCUT2D eigenvalue weighted by Gasteiger charge is 2.52. The van der Waals surface area contributed by atoms with Crippen molar-refractivity contribution in [3.8, 4) is 0 Å². The first-order chi connectivity index (χ1) is 12.1. The smallest absolute Gasteiger partial charge is 0.223 e. The lowest BCUT2D eigenvalue weighted by atomic mass is 9.73. The fourth-order valence-corrected chi connectivity index (χ4v) is 4.69. The van der Waals surface area contributed by atoms with Crippen LogP contribution in [0.4, 0.5) is 0 Å². The van der Waals surface area contributed by atoms with Crippen molar-refractivity contribution in [1.29, 1.82) is 0 Å². The van der Waals surface area contributed by atoms with Gasteiger partial charge in [-0.1, -0.05) is 30.3 Å². The van der Waals surface area contributed by atoms with Gasteiger partial charge in [0, 0.05) is 57.8 Å². The molecule has 2 fully saturated rings. The second-order valence-electron chi connectivity index (χ2n) is 7.52. The molecule has 1 spiro atoms. The standard InChI is InChI=1S/C20H26N4O/c1-22-14-16(13-21-22)15-24-10-8-20(9-11-24)18(12-19(25)23(20)2)17-6-4-3-5-7-17/h3-7,13-14,18H,8-12,15H2,1-2H3/t18-/m1/s1. The number of amides is 1. The SMILES string of the molecule is CN1C(=O)C[C@H](c2ccccc2)C12CCN(Cc1cnn(C)c1)CC2. The van der Waals surface area contributed by atoms with Gasteiger partial charge in [0.05, 0.1) is 11.7 Å². The topological polar surface area (TPSA) is 41.4 Å². The van der Waals surface area contributed by atoms with Crippen molar-refractivity contribution >= 4 is 5.91 Å². The molecule has 1 aromatic heterocycles. The summed E-state index contributed by atoms with van der Waals surface area (Å²) in [5, 5.41) is 4.26. The average molecular weight is 338 g/mol. The van der Waals surface area contributed by atoms with E-state index < -0.39 is 0 Å². The van der Waals surface area contributed by atoms with Crippen LogP contribution in [-0.4, -0.2) is 51.2 Å². The van der Waals surface area contributed by atoms with Crippen molar-refractivity contribution in [3.63, 3.8) is 0 Å². The summed E-state index contributed by atoms with van der Waals surface area (Å²) in [6, 6.07) is 10.6. The minimum Gasteiger partial charge on any atom is -0.339 e. The van der Waals surface area contributed by atoms with Crippen molar-refractivity contribution in [2.75, 3.05) is 20.1 Å². The summed E-state index contributed by atoms with van der Waals surface area (Å²) in [5.74, 6) is 0.598. The van der Waals surface area contributed by atoms with Crippen LogP contribution in [0.5, 0.6) is 0 Å². The highest BCUT2D eigenvalue weighted by atomic mass is 16.2. The predicted octanol–water partition coefficient (Wildman–Crippen LogP) is 2.40. The first-order valence-corrected chi connectivity index (χ1v) is 9.10. The monoisotopic (exact) mass is 338 g/mol. The molecule has 2 aliphatic heterocycles. The van der Waals surface area contributed by atoms with E-state index in [2.05, 4.69) is 40.5 Å². The number of likely N-dealkylation sites (N-methyl/N-ethyl adjacent to an activating group) is 1. The van der Waals surface area contributed by atoms with Gasteiger partial charge >= 0.3 is 0 Å². The van der Waals surface area contributed by atoms with Crippen LogP contribution in [-0.2, 0) is 18.4 Å². The Labute approximate surface area is 149 Å². The van der Waals surface area contributed by atoms with Crippen LogP contribution < -0.4 is 0 Å². The summed E-state index contributed by atoms with van der Waals surface area (Å²) in [5.41, 5.74) is 2.54. The lowest BCUT2D eigenvalue weighted by molar-refractivity contribution is -0.130. The number of carbonyl (C=O) groups is 1. The van der Waals surface area contributed by atoms with E-state index in [1.54, 1.807) is 0 Å². The number of nitrogens with zero attached hydrogens (tertiary/aromatic N) is 4. The molecule has 1 atom stereocenters. The van der Waals surface area contributed by atoms with Gasteiger partial charge in [-0.25, -0.2) is 0 Å². The number of aromatic nitrogens is 2. The maximum absolute atomic E-state index is 12.5. The van der Waals surface area contributed by atoms with E-state index in [9.17, 15) is 4.79 Å². The summed E-state index contributed by atoms with van der Waals surface area (Å²) < 4.78 is 1.86. The van der Waals surface area contributed by atoms with Gasteiger partial charge in [-0.05, 0) is 18.4 Å².